The number of hydrogen-bond acceptors (Lipinski definition) is 9. The Labute approximate surface area is 196 Å². The van der Waals surface area contributed by atoms with E-state index in [1.165, 1.54) is 43.5 Å². The first-order valence-electron chi connectivity index (χ1n) is 10.3. The maximum Gasteiger partial charge on any atom is 0.322 e. The van der Waals surface area contributed by atoms with E-state index in [1.54, 1.807) is 18.2 Å². The molecule has 1 atom stereocenters. The summed E-state index contributed by atoms with van der Waals surface area (Å²) in [7, 11) is -6.17. The van der Waals surface area contributed by atoms with E-state index in [0.717, 1.165) is 4.31 Å². The maximum absolute atomic E-state index is 13.1. The molecule has 34 heavy (non-hydrogen) atoms. The van der Waals surface area contributed by atoms with E-state index in [1.807, 2.05) is 0 Å². The number of benzene rings is 2. The third-order valence-corrected chi connectivity index (χ3v) is 8.82. The number of anilines is 1. The Bertz CT molecular complexity index is 1370. The van der Waals surface area contributed by atoms with Gasteiger partial charge in [-0.25, -0.2) is 16.8 Å². The van der Waals surface area contributed by atoms with E-state index in [9.17, 15) is 21.6 Å². The zero-order valence-electron chi connectivity index (χ0n) is 18.1. The van der Waals surface area contributed by atoms with Gasteiger partial charge in [0.05, 0.1) is 16.9 Å². The van der Waals surface area contributed by atoms with Crippen molar-refractivity contribution in [1.82, 2.24) is 14.5 Å². The Morgan fingerprint density at radius 3 is 2.44 bits per heavy atom. The SMILES string of the molecule is COc1ccc(S(=O)(=O)N2CCCC2C(=O)Nc2nnc(CS(=O)(=O)c3ccccc3)o2)cc1. The van der Waals surface area contributed by atoms with Gasteiger partial charge in [0.2, 0.25) is 21.8 Å². The average molecular weight is 507 g/mol. The van der Waals surface area contributed by atoms with Crippen molar-refractivity contribution in [1.29, 1.82) is 0 Å². The van der Waals surface area contributed by atoms with E-state index in [4.69, 9.17) is 9.15 Å². The molecule has 1 aromatic heterocycles. The second kappa shape index (κ2) is 9.52. The first-order chi connectivity index (χ1) is 16.2. The number of aromatic nitrogens is 2. The molecule has 1 aliphatic heterocycles. The van der Waals surface area contributed by atoms with Crippen LogP contribution < -0.4 is 10.1 Å². The molecule has 13 heteroatoms. The fourth-order valence-corrected chi connectivity index (χ4v) is 6.43. The largest absolute Gasteiger partial charge is 0.497 e. The molecule has 11 nitrogen and oxygen atoms in total. The number of carbonyl (C=O) groups excluding carboxylic acids is 1. The first-order valence-corrected chi connectivity index (χ1v) is 13.4. The van der Waals surface area contributed by atoms with Crippen LogP contribution >= 0.6 is 0 Å². The number of hydrogen-bond donors (Lipinski definition) is 1. The number of methoxy groups -OCH3 is 1. The minimum absolute atomic E-state index is 0.0409. The number of nitrogens with one attached hydrogen (secondary N) is 1. The van der Waals surface area contributed by atoms with Crippen LogP contribution in [0.4, 0.5) is 6.01 Å². The van der Waals surface area contributed by atoms with E-state index in [0.29, 0.717) is 18.6 Å². The lowest BCUT2D eigenvalue weighted by atomic mass is 10.2. The molecule has 1 unspecified atom stereocenters. The van der Waals surface area contributed by atoms with Crippen LogP contribution in [0.25, 0.3) is 0 Å². The number of carbonyl (C=O) groups is 1. The lowest BCUT2D eigenvalue weighted by molar-refractivity contribution is -0.119. The van der Waals surface area contributed by atoms with Crippen molar-refractivity contribution in [2.45, 2.75) is 34.4 Å². The molecule has 0 bridgehead atoms. The van der Waals surface area contributed by atoms with Crippen LogP contribution in [0.2, 0.25) is 0 Å². The Kier molecular flexibility index (Phi) is 6.68. The molecule has 0 saturated carbocycles. The number of rotatable bonds is 8. The lowest BCUT2D eigenvalue weighted by Gasteiger charge is -2.22. The van der Waals surface area contributed by atoms with Crippen molar-refractivity contribution in [3.63, 3.8) is 0 Å². The fraction of sp³-hybridized carbons (Fsp3) is 0.286. The summed E-state index contributed by atoms with van der Waals surface area (Å²) in [6.07, 6.45) is 0.808. The third kappa shape index (κ3) is 4.95. The molecule has 3 aromatic rings. The topological polar surface area (TPSA) is 149 Å². The summed E-state index contributed by atoms with van der Waals surface area (Å²) >= 11 is 0. The monoisotopic (exact) mass is 506 g/mol. The summed E-state index contributed by atoms with van der Waals surface area (Å²) in [4.78, 5) is 13.0. The van der Waals surface area contributed by atoms with E-state index in [-0.39, 0.29) is 28.2 Å². The third-order valence-electron chi connectivity index (χ3n) is 5.29. The lowest BCUT2D eigenvalue weighted by Crippen LogP contribution is -2.43. The van der Waals surface area contributed by atoms with Gasteiger partial charge in [-0.15, -0.1) is 5.10 Å². The zero-order valence-corrected chi connectivity index (χ0v) is 19.8. The highest BCUT2D eigenvalue weighted by Gasteiger charge is 2.40. The van der Waals surface area contributed by atoms with Gasteiger partial charge in [-0.3, -0.25) is 10.1 Å². The Hall–Kier alpha value is -3.29. The second-order valence-corrected chi connectivity index (χ2v) is 11.4. The highest BCUT2D eigenvalue weighted by atomic mass is 32.2. The highest BCUT2D eigenvalue weighted by molar-refractivity contribution is 7.90. The quantitative estimate of drug-likeness (QED) is 0.483. The van der Waals surface area contributed by atoms with Gasteiger partial charge in [-0.2, -0.15) is 4.31 Å². The molecule has 1 N–H and O–H groups in total. The molecule has 1 saturated heterocycles. The number of sulfonamides is 1. The molecule has 2 aromatic carbocycles. The summed E-state index contributed by atoms with van der Waals surface area (Å²) in [6, 6.07) is 12.4. The van der Waals surface area contributed by atoms with Crippen LogP contribution in [-0.2, 0) is 30.4 Å². The van der Waals surface area contributed by atoms with Crippen LogP contribution in [0.5, 0.6) is 5.75 Å². The van der Waals surface area contributed by atoms with Crippen LogP contribution in [0.1, 0.15) is 18.7 Å². The van der Waals surface area contributed by atoms with Gasteiger partial charge in [0.1, 0.15) is 17.5 Å². The standard InChI is InChI=1S/C21H22N4O7S2/c1-31-15-9-11-17(12-10-15)34(29,30)25-13-5-8-18(25)20(26)22-21-24-23-19(32-21)14-33(27,28)16-6-3-2-4-7-16/h2-4,6-7,9-12,18H,5,8,13-14H2,1H3,(H,22,24,26). The Morgan fingerprint density at radius 1 is 1.06 bits per heavy atom. The molecule has 0 aliphatic carbocycles. The molecule has 180 valence electrons. The van der Waals surface area contributed by atoms with Gasteiger partial charge in [0, 0.05) is 6.54 Å². The van der Waals surface area contributed by atoms with Crippen molar-refractivity contribution in [3.05, 3.63) is 60.5 Å². The number of ether oxygens (including phenoxy) is 1. The van der Waals surface area contributed by atoms with Crippen LogP contribution in [0.3, 0.4) is 0 Å². The number of nitrogens with zero attached hydrogens (tertiary/aromatic N) is 3. The van der Waals surface area contributed by atoms with Gasteiger partial charge in [-0.1, -0.05) is 23.3 Å². The van der Waals surface area contributed by atoms with E-state index >= 15 is 0 Å². The molecule has 1 fully saturated rings. The van der Waals surface area contributed by atoms with Crippen LogP contribution in [0.15, 0.2) is 68.8 Å². The van der Waals surface area contributed by atoms with E-state index < -0.39 is 37.6 Å². The van der Waals surface area contributed by atoms with Crippen molar-refractivity contribution in [2.24, 2.45) is 0 Å². The van der Waals surface area contributed by atoms with Gasteiger partial charge >= 0.3 is 6.01 Å². The summed E-state index contributed by atoms with van der Waals surface area (Å²) < 4.78 is 62.6. The van der Waals surface area contributed by atoms with Gasteiger partial charge < -0.3 is 9.15 Å². The minimum Gasteiger partial charge on any atom is -0.497 e. The van der Waals surface area contributed by atoms with Crippen molar-refractivity contribution in [3.8, 4) is 5.75 Å². The summed E-state index contributed by atoms with van der Waals surface area (Å²) in [5.74, 6) is -0.874. The Morgan fingerprint density at radius 2 is 1.76 bits per heavy atom. The molecule has 2 heterocycles. The maximum atomic E-state index is 13.1. The van der Waals surface area contributed by atoms with Crippen molar-refractivity contribution < 1.29 is 30.8 Å². The molecule has 0 spiro atoms. The highest BCUT2D eigenvalue weighted by Crippen LogP contribution is 2.28. The normalized spacial score (nSPS) is 16.9. The average Bonchev–Trinajstić information content (AvgIpc) is 3.49. The first kappa shape index (κ1) is 23.9. The summed E-state index contributed by atoms with van der Waals surface area (Å²) in [5, 5.41) is 9.76. The van der Waals surface area contributed by atoms with Crippen molar-refractivity contribution >= 4 is 31.8 Å². The summed E-state index contributed by atoms with van der Waals surface area (Å²) in [6.45, 7) is 0.177. The number of sulfone groups is 1. The minimum atomic E-state index is -3.93. The van der Waals surface area contributed by atoms with Crippen LogP contribution in [0, 0.1) is 0 Å². The smallest absolute Gasteiger partial charge is 0.322 e. The predicted octanol–water partition coefficient (Wildman–Crippen LogP) is 1.84. The molecular weight excluding hydrogens is 484 g/mol. The van der Waals surface area contributed by atoms with Gasteiger partial charge in [0.15, 0.2) is 9.84 Å². The molecule has 1 amide bonds. The van der Waals surface area contributed by atoms with Crippen LogP contribution in [-0.4, -0.2) is 56.9 Å². The summed E-state index contributed by atoms with van der Waals surface area (Å²) in [5.41, 5.74) is 0. The fourth-order valence-electron chi connectivity index (χ4n) is 3.60. The van der Waals surface area contributed by atoms with Gasteiger partial charge in [0.25, 0.3) is 0 Å². The molecular formula is C21H22N4O7S2. The number of amides is 1. The van der Waals surface area contributed by atoms with Gasteiger partial charge in [-0.05, 0) is 49.2 Å². The molecule has 0 radical (unpaired) electrons. The Balaban J connectivity index is 1.46. The zero-order chi connectivity index (χ0) is 24.3. The second-order valence-electron chi connectivity index (χ2n) is 7.51. The van der Waals surface area contributed by atoms with Crippen molar-refractivity contribution in [2.75, 3.05) is 19.0 Å². The van der Waals surface area contributed by atoms with E-state index in [2.05, 4.69) is 15.5 Å². The predicted molar refractivity (Wildman–Crippen MR) is 120 cm³/mol. The molecule has 1 aliphatic rings. The molecule has 4 rings (SSSR count).